The number of carboxylic acid groups (broad SMARTS) is 1. The van der Waals surface area contributed by atoms with Gasteiger partial charge in [-0.2, -0.15) is 11.8 Å². The summed E-state index contributed by atoms with van der Waals surface area (Å²) in [6, 6.07) is 5.21. The number of carbonyl (C=O) groups is 1. The van der Waals surface area contributed by atoms with Crippen molar-refractivity contribution in [2.45, 2.75) is 37.0 Å². The number of imidazole rings is 1. The van der Waals surface area contributed by atoms with Crippen LogP contribution in [-0.4, -0.2) is 32.1 Å². The Morgan fingerprint density at radius 1 is 1.33 bits per heavy atom. The van der Waals surface area contributed by atoms with Gasteiger partial charge in [0.25, 0.3) is 0 Å². The van der Waals surface area contributed by atoms with Crippen LogP contribution in [-0.2, 0) is 0 Å². The molecule has 2 N–H and O–H groups in total. The molecule has 1 saturated carbocycles. The summed E-state index contributed by atoms with van der Waals surface area (Å²) in [6.45, 7) is 0. The lowest BCUT2D eigenvalue weighted by Gasteiger charge is -2.28. The van der Waals surface area contributed by atoms with Crippen molar-refractivity contribution < 1.29 is 9.90 Å². The maximum Gasteiger partial charge on any atom is 0.337 e. The van der Waals surface area contributed by atoms with Gasteiger partial charge >= 0.3 is 11.7 Å². The van der Waals surface area contributed by atoms with Crippen LogP contribution in [0.25, 0.3) is 11.0 Å². The first-order valence-electron chi connectivity index (χ1n) is 7.11. The van der Waals surface area contributed by atoms with Gasteiger partial charge in [0.05, 0.1) is 16.6 Å². The van der Waals surface area contributed by atoms with Crippen molar-refractivity contribution in [3.8, 4) is 0 Å². The van der Waals surface area contributed by atoms with E-state index in [1.807, 2.05) is 17.8 Å². The lowest BCUT2D eigenvalue weighted by molar-refractivity contribution is 0.0699. The molecule has 21 heavy (non-hydrogen) atoms. The maximum absolute atomic E-state index is 12.3. The second-order valence-corrected chi connectivity index (χ2v) is 6.61. The monoisotopic (exact) mass is 306 g/mol. The molecule has 0 saturated heterocycles. The molecule has 5 nitrogen and oxygen atoms in total. The van der Waals surface area contributed by atoms with Gasteiger partial charge in [0.1, 0.15) is 0 Å². The lowest BCUT2D eigenvalue weighted by atomic mass is 9.94. The van der Waals surface area contributed by atoms with Gasteiger partial charge in [0, 0.05) is 11.3 Å². The van der Waals surface area contributed by atoms with Crippen LogP contribution in [0.4, 0.5) is 0 Å². The molecule has 0 atom stereocenters. The van der Waals surface area contributed by atoms with Crippen molar-refractivity contribution in [2.75, 3.05) is 6.26 Å². The third-order valence-electron chi connectivity index (χ3n) is 4.33. The largest absolute Gasteiger partial charge is 0.478 e. The van der Waals surface area contributed by atoms with E-state index in [1.54, 1.807) is 10.6 Å². The minimum Gasteiger partial charge on any atom is -0.478 e. The average Bonchev–Trinajstić information content (AvgIpc) is 2.82. The van der Waals surface area contributed by atoms with Crippen LogP contribution in [0, 0.1) is 0 Å². The molecule has 3 rings (SSSR count). The van der Waals surface area contributed by atoms with E-state index in [4.69, 9.17) is 0 Å². The van der Waals surface area contributed by atoms with Crippen LogP contribution in [0.2, 0.25) is 0 Å². The van der Waals surface area contributed by atoms with Crippen molar-refractivity contribution in [1.82, 2.24) is 9.55 Å². The predicted octanol–water partition coefficient (Wildman–Crippen LogP) is 2.87. The van der Waals surface area contributed by atoms with Crippen LogP contribution in [0.3, 0.4) is 0 Å². The molecule has 0 radical (unpaired) electrons. The number of H-pyrrole nitrogens is 1. The number of para-hydroxylation sites is 1. The van der Waals surface area contributed by atoms with Crippen LogP contribution >= 0.6 is 11.8 Å². The highest BCUT2D eigenvalue weighted by Gasteiger charge is 2.25. The molecule has 0 unspecified atom stereocenters. The topological polar surface area (TPSA) is 75.1 Å². The summed E-state index contributed by atoms with van der Waals surface area (Å²) in [7, 11) is 0. The van der Waals surface area contributed by atoms with Gasteiger partial charge in [-0.15, -0.1) is 0 Å². The molecule has 1 aromatic heterocycles. The zero-order valence-corrected chi connectivity index (χ0v) is 12.7. The number of hydrogen-bond donors (Lipinski definition) is 2. The molecule has 1 fully saturated rings. The lowest BCUT2D eigenvalue weighted by Crippen LogP contribution is -2.26. The van der Waals surface area contributed by atoms with Gasteiger partial charge in [0.2, 0.25) is 0 Å². The molecular weight excluding hydrogens is 288 g/mol. The Hall–Kier alpha value is -1.69. The molecule has 112 valence electrons. The normalized spacial score (nSPS) is 22.5. The molecule has 0 aliphatic heterocycles. The molecular formula is C15H18N2O3S. The number of aromatic amines is 1. The Bertz CT molecular complexity index is 726. The molecule has 0 bridgehead atoms. The Balaban J connectivity index is 2.04. The first kappa shape index (κ1) is 14.3. The molecule has 0 amide bonds. The van der Waals surface area contributed by atoms with E-state index >= 15 is 0 Å². The molecule has 2 aromatic rings. The number of aromatic carboxylic acids is 1. The molecule has 1 aliphatic carbocycles. The van der Waals surface area contributed by atoms with E-state index in [9.17, 15) is 14.7 Å². The van der Waals surface area contributed by atoms with Crippen molar-refractivity contribution >= 4 is 28.8 Å². The van der Waals surface area contributed by atoms with Crippen LogP contribution in [0.1, 0.15) is 42.1 Å². The van der Waals surface area contributed by atoms with Gasteiger partial charge in [0.15, 0.2) is 0 Å². The van der Waals surface area contributed by atoms with Gasteiger partial charge in [-0.1, -0.05) is 6.07 Å². The van der Waals surface area contributed by atoms with Gasteiger partial charge < -0.3 is 10.1 Å². The molecule has 1 heterocycles. The van der Waals surface area contributed by atoms with E-state index in [1.165, 1.54) is 6.07 Å². The highest BCUT2D eigenvalue weighted by molar-refractivity contribution is 7.99. The number of carboxylic acids is 1. The predicted molar refractivity (Wildman–Crippen MR) is 84.3 cm³/mol. The van der Waals surface area contributed by atoms with E-state index in [-0.39, 0.29) is 17.3 Å². The highest BCUT2D eigenvalue weighted by atomic mass is 32.2. The van der Waals surface area contributed by atoms with Gasteiger partial charge in [-0.3, -0.25) is 4.57 Å². The number of fused-ring (bicyclic) bond motifs is 1. The highest BCUT2D eigenvalue weighted by Crippen LogP contribution is 2.34. The van der Waals surface area contributed by atoms with E-state index in [0.29, 0.717) is 16.3 Å². The van der Waals surface area contributed by atoms with Crippen molar-refractivity contribution in [1.29, 1.82) is 0 Å². The van der Waals surface area contributed by atoms with E-state index in [0.717, 1.165) is 25.7 Å². The van der Waals surface area contributed by atoms with E-state index < -0.39 is 5.97 Å². The number of thioether (sulfide) groups is 1. The maximum atomic E-state index is 12.3. The Kier molecular flexibility index (Phi) is 3.80. The van der Waals surface area contributed by atoms with Crippen molar-refractivity contribution in [2.24, 2.45) is 0 Å². The smallest absolute Gasteiger partial charge is 0.337 e. The molecule has 1 aliphatic rings. The summed E-state index contributed by atoms with van der Waals surface area (Å²) in [5, 5.41) is 9.90. The minimum absolute atomic E-state index is 0.154. The minimum atomic E-state index is -1.01. The van der Waals surface area contributed by atoms with Crippen LogP contribution in [0.5, 0.6) is 0 Å². The standard InChI is InChI=1S/C15H18N2O3S/c1-21-10-7-5-9(6-8-10)17-12-4-2-3-11(14(18)19)13(12)16-15(17)20/h2-4,9-10H,5-8H2,1H3,(H,16,20)(H,18,19). The van der Waals surface area contributed by atoms with Gasteiger partial charge in [-0.05, 0) is 44.1 Å². The van der Waals surface area contributed by atoms with Crippen LogP contribution in [0.15, 0.2) is 23.0 Å². The second kappa shape index (κ2) is 5.60. The third-order valence-corrected chi connectivity index (χ3v) is 5.46. The summed E-state index contributed by atoms with van der Waals surface area (Å²) in [5.74, 6) is -1.01. The molecule has 0 spiro atoms. The quantitative estimate of drug-likeness (QED) is 0.914. The third kappa shape index (κ3) is 2.48. The first-order chi connectivity index (χ1) is 10.1. The van der Waals surface area contributed by atoms with Crippen molar-refractivity contribution in [3.63, 3.8) is 0 Å². The summed E-state index contributed by atoms with van der Waals surface area (Å²) >= 11 is 1.89. The number of hydrogen-bond acceptors (Lipinski definition) is 3. The summed E-state index contributed by atoms with van der Waals surface area (Å²) < 4.78 is 1.75. The average molecular weight is 306 g/mol. The van der Waals surface area contributed by atoms with Gasteiger partial charge in [-0.25, -0.2) is 9.59 Å². The number of nitrogens with zero attached hydrogens (tertiary/aromatic N) is 1. The van der Waals surface area contributed by atoms with Crippen LogP contribution < -0.4 is 5.69 Å². The van der Waals surface area contributed by atoms with E-state index in [2.05, 4.69) is 11.2 Å². The second-order valence-electron chi connectivity index (χ2n) is 5.47. The molecule has 6 heteroatoms. The first-order valence-corrected chi connectivity index (χ1v) is 8.40. The zero-order valence-electron chi connectivity index (χ0n) is 11.8. The Labute approximate surface area is 126 Å². The SMILES string of the molecule is CSC1CCC(n2c(=O)[nH]c3c(C(=O)O)cccc32)CC1. The number of benzene rings is 1. The fourth-order valence-electron chi connectivity index (χ4n) is 3.23. The number of rotatable bonds is 3. The summed E-state index contributed by atoms with van der Waals surface area (Å²) in [6.07, 6.45) is 6.26. The molecule has 1 aromatic carbocycles. The summed E-state index contributed by atoms with van der Waals surface area (Å²) in [5.41, 5.74) is 1.09. The van der Waals surface area contributed by atoms with Crippen molar-refractivity contribution in [3.05, 3.63) is 34.2 Å². The fourth-order valence-corrected chi connectivity index (χ4v) is 3.97. The fraction of sp³-hybridized carbons (Fsp3) is 0.467. The number of nitrogens with one attached hydrogen (secondary N) is 1. The Morgan fingerprint density at radius 3 is 2.67 bits per heavy atom. The zero-order chi connectivity index (χ0) is 15.0. The summed E-state index contributed by atoms with van der Waals surface area (Å²) in [4.78, 5) is 26.3. The number of aromatic nitrogens is 2. The Morgan fingerprint density at radius 2 is 2.05 bits per heavy atom.